The van der Waals surface area contributed by atoms with E-state index in [9.17, 15) is 29.2 Å². The maximum atomic E-state index is 13.4. The number of nitrogens with zero attached hydrogens (tertiary/aromatic N) is 5. The summed E-state index contributed by atoms with van der Waals surface area (Å²) < 4.78 is 34.8. The van der Waals surface area contributed by atoms with Gasteiger partial charge < -0.3 is 25.2 Å². The van der Waals surface area contributed by atoms with Crippen molar-refractivity contribution in [1.29, 1.82) is 5.26 Å². The maximum absolute atomic E-state index is 13.4. The van der Waals surface area contributed by atoms with Gasteiger partial charge in [-0.1, -0.05) is 0 Å². The van der Waals surface area contributed by atoms with E-state index in [1.165, 1.54) is 65.3 Å². The lowest BCUT2D eigenvalue weighted by Gasteiger charge is -2.06. The van der Waals surface area contributed by atoms with Crippen molar-refractivity contribution in [2.24, 2.45) is 0 Å². The predicted molar refractivity (Wildman–Crippen MR) is 140 cm³/mol. The molecule has 12 heteroatoms. The Morgan fingerprint density at radius 3 is 1.68 bits per heavy atom. The zero-order valence-corrected chi connectivity index (χ0v) is 20.6. The number of phenolic OH excluding ortho intramolecular Hbond substituents is 4. The summed E-state index contributed by atoms with van der Waals surface area (Å²) in [4.78, 5) is 0. The number of halogens is 2. The number of fused-ring (bicyclic) bond motifs is 2. The van der Waals surface area contributed by atoms with Gasteiger partial charge >= 0.3 is 0 Å². The van der Waals surface area contributed by atoms with Gasteiger partial charge in [0.05, 0.1) is 64.3 Å². The van der Waals surface area contributed by atoms with Gasteiger partial charge in [-0.15, -0.1) is 0 Å². The highest BCUT2D eigenvalue weighted by atomic mass is 19.1. The second-order valence-electron chi connectivity index (χ2n) is 8.50. The summed E-state index contributed by atoms with van der Waals surface area (Å²) in [5, 5.41) is 56.2. The molecular formula is C28H19F2N5O5. The number of hydrogen-bond donors (Lipinski definition) is 4. The SMILES string of the molecule is COc1cc(O)c2cnn(-c3ccc(O)c(F)c3)c2c1.N#Cc1cc(O)c2cnn(-c3ccc(O)c(F)c3)c2c1. The van der Waals surface area contributed by atoms with Crippen molar-refractivity contribution < 1.29 is 33.9 Å². The number of rotatable bonds is 3. The summed E-state index contributed by atoms with van der Waals surface area (Å²) >= 11 is 0. The van der Waals surface area contributed by atoms with Crippen LogP contribution in [0, 0.1) is 23.0 Å². The zero-order chi connectivity index (χ0) is 28.6. The van der Waals surface area contributed by atoms with E-state index in [-0.39, 0.29) is 17.1 Å². The van der Waals surface area contributed by atoms with E-state index >= 15 is 0 Å². The fourth-order valence-electron chi connectivity index (χ4n) is 4.04. The molecule has 0 radical (unpaired) electrons. The highest BCUT2D eigenvalue weighted by Crippen LogP contribution is 2.32. The summed E-state index contributed by atoms with van der Waals surface area (Å²) in [6.45, 7) is 0. The fraction of sp³-hybridized carbons (Fsp3) is 0.0357. The van der Waals surface area contributed by atoms with Crippen LogP contribution < -0.4 is 4.74 Å². The highest BCUT2D eigenvalue weighted by Gasteiger charge is 2.13. The van der Waals surface area contributed by atoms with Crippen molar-refractivity contribution in [1.82, 2.24) is 19.6 Å². The Kier molecular flexibility index (Phi) is 6.54. The van der Waals surface area contributed by atoms with Crippen molar-refractivity contribution in [3.05, 3.63) is 90.3 Å². The second-order valence-corrected chi connectivity index (χ2v) is 8.50. The average molecular weight is 543 g/mol. The third kappa shape index (κ3) is 4.63. The van der Waals surface area contributed by atoms with E-state index < -0.39 is 23.1 Å². The van der Waals surface area contributed by atoms with Crippen LogP contribution in [-0.2, 0) is 0 Å². The predicted octanol–water partition coefficient (Wildman–Crippen LogP) is 5.03. The summed E-state index contributed by atoms with van der Waals surface area (Å²) in [6.07, 6.45) is 2.91. The van der Waals surface area contributed by atoms with Crippen LogP contribution in [0.4, 0.5) is 8.78 Å². The lowest BCUT2D eigenvalue weighted by Crippen LogP contribution is -1.97. The Bertz CT molecular complexity index is 1940. The third-order valence-corrected chi connectivity index (χ3v) is 6.02. The minimum absolute atomic E-state index is 0.0323. The Morgan fingerprint density at radius 2 is 1.20 bits per heavy atom. The van der Waals surface area contributed by atoms with Gasteiger partial charge in [0.15, 0.2) is 23.1 Å². The topological polar surface area (TPSA) is 150 Å². The molecule has 0 unspecified atom stereocenters. The van der Waals surface area contributed by atoms with Crippen LogP contribution in [0.2, 0.25) is 0 Å². The lowest BCUT2D eigenvalue weighted by atomic mass is 10.1. The van der Waals surface area contributed by atoms with Crippen LogP contribution in [-0.4, -0.2) is 47.1 Å². The standard InChI is InChI=1S/C14H8FN3O2.C14H11FN2O3/c15-11-5-9(1-2-13(11)19)18-12-3-8(6-16)4-14(20)10(12)7-17-18;1-20-9-5-12-10(14(19)6-9)7-16-17(12)8-2-3-13(18)11(15)4-8/h1-5,7,19-20H;2-7,18-19H,1H3. The molecule has 10 nitrogen and oxygen atoms in total. The second kappa shape index (κ2) is 10.1. The molecule has 40 heavy (non-hydrogen) atoms. The van der Waals surface area contributed by atoms with Crippen molar-refractivity contribution >= 4 is 21.8 Å². The third-order valence-electron chi connectivity index (χ3n) is 6.02. The molecule has 6 aromatic rings. The number of phenols is 4. The molecule has 6 rings (SSSR count). The van der Waals surface area contributed by atoms with Gasteiger partial charge in [-0.25, -0.2) is 18.1 Å². The van der Waals surface area contributed by atoms with E-state index in [2.05, 4.69) is 10.2 Å². The normalized spacial score (nSPS) is 10.8. The first-order valence-corrected chi connectivity index (χ1v) is 11.5. The smallest absolute Gasteiger partial charge is 0.166 e. The first kappa shape index (κ1) is 25.8. The molecule has 2 aromatic heterocycles. The monoisotopic (exact) mass is 543 g/mol. The lowest BCUT2D eigenvalue weighted by molar-refractivity contribution is 0.409. The van der Waals surface area contributed by atoms with E-state index in [1.807, 2.05) is 6.07 Å². The van der Waals surface area contributed by atoms with Gasteiger partial charge in [-0.3, -0.25) is 0 Å². The van der Waals surface area contributed by atoms with Crippen molar-refractivity contribution in [2.75, 3.05) is 7.11 Å². The molecule has 0 saturated heterocycles. The molecule has 0 aliphatic rings. The molecule has 0 fully saturated rings. The Balaban J connectivity index is 0.000000161. The average Bonchev–Trinajstić information content (AvgIpc) is 3.57. The molecular weight excluding hydrogens is 524 g/mol. The van der Waals surface area contributed by atoms with E-state index in [0.717, 1.165) is 12.1 Å². The van der Waals surface area contributed by atoms with E-state index in [0.29, 0.717) is 38.9 Å². The molecule has 0 aliphatic carbocycles. The molecule has 2 heterocycles. The molecule has 4 aromatic carbocycles. The van der Waals surface area contributed by atoms with Gasteiger partial charge in [0, 0.05) is 24.3 Å². The molecule has 4 N–H and O–H groups in total. The number of aromatic nitrogens is 4. The van der Waals surface area contributed by atoms with Crippen LogP contribution in [0.25, 0.3) is 33.2 Å². The van der Waals surface area contributed by atoms with Crippen molar-refractivity contribution in [3.8, 4) is 46.2 Å². The Morgan fingerprint density at radius 1 is 0.700 bits per heavy atom. The number of methoxy groups -OCH3 is 1. The van der Waals surface area contributed by atoms with Gasteiger partial charge in [0.2, 0.25) is 0 Å². The molecule has 0 aliphatic heterocycles. The highest BCUT2D eigenvalue weighted by molar-refractivity contribution is 5.88. The fourth-order valence-corrected chi connectivity index (χ4v) is 4.04. The minimum atomic E-state index is -0.771. The van der Waals surface area contributed by atoms with Crippen LogP contribution in [0.3, 0.4) is 0 Å². The Hall–Kier alpha value is -5.83. The molecule has 200 valence electrons. The number of benzene rings is 4. The molecule has 0 amide bonds. The summed E-state index contributed by atoms with van der Waals surface area (Å²) in [5.41, 5.74) is 2.14. The van der Waals surface area contributed by atoms with Crippen LogP contribution in [0.5, 0.6) is 28.7 Å². The first-order valence-electron chi connectivity index (χ1n) is 11.5. The number of aromatic hydroxyl groups is 4. The number of hydrogen-bond acceptors (Lipinski definition) is 8. The van der Waals surface area contributed by atoms with Crippen LogP contribution in [0.1, 0.15) is 5.56 Å². The van der Waals surface area contributed by atoms with Crippen LogP contribution >= 0.6 is 0 Å². The summed E-state index contributed by atoms with van der Waals surface area (Å²) in [7, 11) is 1.49. The first-order chi connectivity index (χ1) is 19.2. The zero-order valence-electron chi connectivity index (χ0n) is 20.6. The molecule has 0 bridgehead atoms. The van der Waals surface area contributed by atoms with Gasteiger partial charge in [0.1, 0.15) is 17.2 Å². The Labute approximate surface area is 224 Å². The van der Waals surface area contributed by atoms with E-state index in [1.54, 1.807) is 12.1 Å². The molecule has 0 atom stereocenters. The largest absolute Gasteiger partial charge is 0.507 e. The quantitative estimate of drug-likeness (QED) is 0.243. The van der Waals surface area contributed by atoms with Crippen molar-refractivity contribution in [2.45, 2.75) is 0 Å². The van der Waals surface area contributed by atoms with Crippen LogP contribution in [0.15, 0.2) is 73.1 Å². The minimum Gasteiger partial charge on any atom is -0.507 e. The number of nitriles is 1. The summed E-state index contributed by atoms with van der Waals surface area (Å²) in [6, 6.07) is 15.8. The van der Waals surface area contributed by atoms with Crippen molar-refractivity contribution in [3.63, 3.8) is 0 Å². The molecule has 0 saturated carbocycles. The van der Waals surface area contributed by atoms with E-state index in [4.69, 9.17) is 10.00 Å². The maximum Gasteiger partial charge on any atom is 0.166 e. The number of ether oxygens (including phenoxy) is 1. The summed E-state index contributed by atoms with van der Waals surface area (Å²) in [5.74, 6) is -1.95. The van der Waals surface area contributed by atoms with Gasteiger partial charge in [0.25, 0.3) is 0 Å². The molecule has 0 spiro atoms. The van der Waals surface area contributed by atoms with Gasteiger partial charge in [-0.05, 0) is 36.4 Å². The van der Waals surface area contributed by atoms with Gasteiger partial charge in [-0.2, -0.15) is 15.5 Å².